The standard InChI is InChI=1S/C14H23NO4/c1-9-6-10(11(7-9)13(17)18)12(16)15-4-5-19-14(2,3)8-15/h9-11H,4-8H2,1-3H3,(H,17,18). The van der Waals surface area contributed by atoms with Crippen LogP contribution >= 0.6 is 0 Å². The van der Waals surface area contributed by atoms with Crippen molar-refractivity contribution < 1.29 is 19.4 Å². The topological polar surface area (TPSA) is 66.8 Å². The predicted octanol–water partition coefficient (Wildman–Crippen LogP) is 1.37. The van der Waals surface area contributed by atoms with Crippen LogP contribution in [-0.4, -0.2) is 47.2 Å². The van der Waals surface area contributed by atoms with Crippen molar-refractivity contribution in [1.29, 1.82) is 0 Å². The zero-order valence-electron chi connectivity index (χ0n) is 11.9. The molecule has 0 aromatic heterocycles. The van der Waals surface area contributed by atoms with Crippen molar-refractivity contribution in [3.8, 4) is 0 Å². The summed E-state index contributed by atoms with van der Waals surface area (Å²) in [6.45, 7) is 7.57. The average Bonchev–Trinajstić information content (AvgIpc) is 2.69. The second-order valence-corrected chi connectivity index (χ2v) is 6.50. The minimum absolute atomic E-state index is 0.00637. The summed E-state index contributed by atoms with van der Waals surface area (Å²) in [6.07, 6.45) is 1.30. The number of nitrogens with zero attached hydrogens (tertiary/aromatic N) is 1. The van der Waals surface area contributed by atoms with Gasteiger partial charge in [-0.05, 0) is 32.6 Å². The van der Waals surface area contributed by atoms with Gasteiger partial charge >= 0.3 is 5.97 Å². The maximum absolute atomic E-state index is 12.6. The molecule has 1 heterocycles. The molecule has 0 radical (unpaired) electrons. The number of aliphatic carboxylic acids is 1. The second-order valence-electron chi connectivity index (χ2n) is 6.50. The van der Waals surface area contributed by atoms with Gasteiger partial charge in [0.1, 0.15) is 0 Å². The molecular weight excluding hydrogens is 246 g/mol. The molecule has 2 aliphatic rings. The first-order valence-electron chi connectivity index (χ1n) is 6.96. The van der Waals surface area contributed by atoms with E-state index in [1.807, 2.05) is 20.8 Å². The maximum Gasteiger partial charge on any atom is 0.307 e. The summed E-state index contributed by atoms with van der Waals surface area (Å²) in [7, 11) is 0. The minimum Gasteiger partial charge on any atom is -0.481 e. The highest BCUT2D eigenvalue weighted by Crippen LogP contribution is 2.38. The van der Waals surface area contributed by atoms with Gasteiger partial charge in [0.2, 0.25) is 5.91 Å². The summed E-state index contributed by atoms with van der Waals surface area (Å²) < 4.78 is 5.59. The Morgan fingerprint density at radius 2 is 1.89 bits per heavy atom. The number of morpholine rings is 1. The fraction of sp³-hybridized carbons (Fsp3) is 0.857. The van der Waals surface area contributed by atoms with Crippen LogP contribution in [0.5, 0.6) is 0 Å². The largest absolute Gasteiger partial charge is 0.481 e. The van der Waals surface area contributed by atoms with Gasteiger partial charge in [0, 0.05) is 13.1 Å². The van der Waals surface area contributed by atoms with Gasteiger partial charge in [-0.3, -0.25) is 9.59 Å². The molecule has 3 atom stereocenters. The van der Waals surface area contributed by atoms with Gasteiger partial charge in [-0.2, -0.15) is 0 Å². The van der Waals surface area contributed by atoms with Gasteiger partial charge in [0.25, 0.3) is 0 Å². The van der Waals surface area contributed by atoms with E-state index in [0.717, 1.165) is 0 Å². The van der Waals surface area contributed by atoms with Crippen LogP contribution in [0.2, 0.25) is 0 Å². The van der Waals surface area contributed by atoms with Crippen LogP contribution in [0.25, 0.3) is 0 Å². The van der Waals surface area contributed by atoms with Crippen molar-refractivity contribution in [1.82, 2.24) is 4.90 Å². The molecule has 3 unspecified atom stereocenters. The van der Waals surface area contributed by atoms with Gasteiger partial charge in [0.15, 0.2) is 0 Å². The van der Waals surface area contributed by atoms with Crippen molar-refractivity contribution in [2.45, 2.75) is 39.2 Å². The third-order valence-corrected chi connectivity index (χ3v) is 4.17. The van der Waals surface area contributed by atoms with E-state index in [-0.39, 0.29) is 17.4 Å². The number of amides is 1. The molecule has 0 aromatic rings. The Balaban J connectivity index is 2.08. The fourth-order valence-electron chi connectivity index (χ4n) is 3.28. The fourth-order valence-corrected chi connectivity index (χ4v) is 3.28. The van der Waals surface area contributed by atoms with E-state index < -0.39 is 11.9 Å². The van der Waals surface area contributed by atoms with Crippen LogP contribution in [0, 0.1) is 17.8 Å². The van der Waals surface area contributed by atoms with E-state index in [4.69, 9.17) is 4.74 Å². The van der Waals surface area contributed by atoms with Crippen molar-refractivity contribution in [2.24, 2.45) is 17.8 Å². The summed E-state index contributed by atoms with van der Waals surface area (Å²) in [5, 5.41) is 9.26. The molecule has 1 saturated heterocycles. The zero-order valence-corrected chi connectivity index (χ0v) is 11.9. The van der Waals surface area contributed by atoms with Crippen molar-refractivity contribution in [2.75, 3.05) is 19.7 Å². The number of carboxylic acids is 1. The summed E-state index contributed by atoms with van der Waals surface area (Å²) in [6, 6.07) is 0. The lowest BCUT2D eigenvalue weighted by Gasteiger charge is -2.39. The first-order valence-corrected chi connectivity index (χ1v) is 6.96. The molecule has 2 rings (SSSR count). The number of ether oxygens (including phenoxy) is 1. The van der Waals surface area contributed by atoms with Crippen molar-refractivity contribution in [3.05, 3.63) is 0 Å². The Morgan fingerprint density at radius 1 is 1.26 bits per heavy atom. The number of carbonyl (C=O) groups excluding carboxylic acids is 1. The summed E-state index contributed by atoms with van der Waals surface area (Å²) in [4.78, 5) is 25.6. The van der Waals surface area contributed by atoms with Gasteiger partial charge in [-0.25, -0.2) is 0 Å². The number of carbonyl (C=O) groups is 2. The molecule has 108 valence electrons. The lowest BCUT2D eigenvalue weighted by molar-refractivity contribution is -0.156. The molecule has 2 fully saturated rings. The van der Waals surface area contributed by atoms with E-state index in [2.05, 4.69) is 0 Å². The van der Waals surface area contributed by atoms with E-state index in [1.165, 1.54) is 0 Å². The van der Waals surface area contributed by atoms with E-state index >= 15 is 0 Å². The molecule has 1 amide bonds. The summed E-state index contributed by atoms with van der Waals surface area (Å²) in [5.41, 5.74) is -0.336. The first-order chi connectivity index (χ1) is 8.80. The van der Waals surface area contributed by atoms with E-state index in [0.29, 0.717) is 38.5 Å². The Labute approximate surface area is 113 Å². The Hall–Kier alpha value is -1.10. The van der Waals surface area contributed by atoms with Crippen molar-refractivity contribution >= 4 is 11.9 Å². The number of rotatable bonds is 2. The molecule has 5 nitrogen and oxygen atoms in total. The van der Waals surface area contributed by atoms with Crippen molar-refractivity contribution in [3.63, 3.8) is 0 Å². The van der Waals surface area contributed by atoms with Crippen LogP contribution in [0.4, 0.5) is 0 Å². The maximum atomic E-state index is 12.6. The molecule has 1 aliphatic carbocycles. The molecule has 1 aliphatic heterocycles. The molecule has 0 aromatic carbocycles. The number of hydrogen-bond donors (Lipinski definition) is 1. The van der Waals surface area contributed by atoms with Crippen LogP contribution in [0.3, 0.4) is 0 Å². The van der Waals surface area contributed by atoms with Gasteiger partial charge in [0.05, 0.1) is 24.0 Å². The number of hydrogen-bond acceptors (Lipinski definition) is 3. The highest BCUT2D eigenvalue weighted by Gasteiger charge is 2.44. The monoisotopic (exact) mass is 269 g/mol. The average molecular weight is 269 g/mol. The highest BCUT2D eigenvalue weighted by atomic mass is 16.5. The van der Waals surface area contributed by atoms with E-state index in [1.54, 1.807) is 4.90 Å². The van der Waals surface area contributed by atoms with Crippen LogP contribution in [0.15, 0.2) is 0 Å². The number of carboxylic acid groups (broad SMARTS) is 1. The molecule has 1 N–H and O–H groups in total. The molecule has 0 bridgehead atoms. The van der Waals surface area contributed by atoms with Gasteiger partial charge in [-0.1, -0.05) is 6.92 Å². The quantitative estimate of drug-likeness (QED) is 0.822. The Kier molecular flexibility index (Phi) is 3.85. The molecule has 5 heteroatoms. The molecule has 1 saturated carbocycles. The Bertz CT molecular complexity index is 380. The highest BCUT2D eigenvalue weighted by molar-refractivity contribution is 5.85. The normalized spacial score (nSPS) is 34.3. The molecule has 19 heavy (non-hydrogen) atoms. The molecule has 0 spiro atoms. The predicted molar refractivity (Wildman–Crippen MR) is 69.6 cm³/mol. The second kappa shape index (κ2) is 5.12. The molecular formula is C14H23NO4. The third-order valence-electron chi connectivity index (χ3n) is 4.17. The zero-order chi connectivity index (χ0) is 14.2. The van der Waals surface area contributed by atoms with Crippen LogP contribution < -0.4 is 0 Å². The first kappa shape index (κ1) is 14.3. The SMILES string of the molecule is CC1CC(C(=O)O)C(C(=O)N2CCOC(C)(C)C2)C1. The van der Waals surface area contributed by atoms with Crippen LogP contribution in [0.1, 0.15) is 33.6 Å². The summed E-state index contributed by atoms with van der Waals surface area (Å²) >= 11 is 0. The minimum atomic E-state index is -0.838. The smallest absolute Gasteiger partial charge is 0.307 e. The van der Waals surface area contributed by atoms with Gasteiger partial charge in [-0.15, -0.1) is 0 Å². The van der Waals surface area contributed by atoms with Gasteiger partial charge < -0.3 is 14.7 Å². The Morgan fingerprint density at radius 3 is 2.47 bits per heavy atom. The summed E-state index contributed by atoms with van der Waals surface area (Å²) in [5.74, 6) is -1.41. The van der Waals surface area contributed by atoms with Crippen LogP contribution in [-0.2, 0) is 14.3 Å². The lowest BCUT2D eigenvalue weighted by Crippen LogP contribution is -2.52. The lowest BCUT2D eigenvalue weighted by atomic mass is 9.94. The van der Waals surface area contributed by atoms with E-state index in [9.17, 15) is 14.7 Å². The third kappa shape index (κ3) is 3.08.